The third kappa shape index (κ3) is 9.86. The highest BCUT2D eigenvalue weighted by Crippen LogP contribution is 2.09. The van der Waals surface area contributed by atoms with Gasteiger partial charge in [0.1, 0.15) is 18.1 Å². The average molecular weight is 475 g/mol. The summed E-state index contributed by atoms with van der Waals surface area (Å²) in [5.41, 5.74) is 0. The summed E-state index contributed by atoms with van der Waals surface area (Å²) >= 11 is 1.44. The van der Waals surface area contributed by atoms with Crippen LogP contribution >= 0.6 is 11.8 Å². The minimum Gasteiger partial charge on any atom is -0.481 e. The molecule has 0 aliphatic carbocycles. The van der Waals surface area contributed by atoms with E-state index in [1.165, 1.54) is 11.8 Å². The second kappa shape index (κ2) is 13.9. The highest BCUT2D eigenvalue weighted by molar-refractivity contribution is 7.98. The highest BCUT2D eigenvalue weighted by atomic mass is 32.2. The zero-order valence-corrected chi connectivity index (χ0v) is 19.5. The van der Waals surface area contributed by atoms with Crippen molar-refractivity contribution < 1.29 is 34.2 Å². The fraction of sp³-hybridized carbons (Fsp3) is 0.750. The average Bonchev–Trinajstić information content (AvgIpc) is 3.24. The lowest BCUT2D eigenvalue weighted by Gasteiger charge is -2.25. The van der Waals surface area contributed by atoms with E-state index in [0.29, 0.717) is 18.7 Å². The maximum absolute atomic E-state index is 12.8. The van der Waals surface area contributed by atoms with Gasteiger partial charge in [-0.25, -0.2) is 4.79 Å². The van der Waals surface area contributed by atoms with Crippen molar-refractivity contribution in [1.29, 1.82) is 0 Å². The minimum atomic E-state index is -1.36. The number of carbonyl (C=O) groups excluding carboxylic acids is 3. The van der Waals surface area contributed by atoms with Crippen LogP contribution in [0.15, 0.2) is 0 Å². The van der Waals surface area contributed by atoms with Gasteiger partial charge in [0, 0.05) is 0 Å². The number of rotatable bonds is 14. The number of thioether (sulfide) groups is 1. The summed E-state index contributed by atoms with van der Waals surface area (Å²) in [6.45, 7) is 4.31. The lowest BCUT2D eigenvalue weighted by molar-refractivity contribution is -0.143. The van der Waals surface area contributed by atoms with Crippen molar-refractivity contribution in [1.82, 2.24) is 21.3 Å². The van der Waals surface area contributed by atoms with Gasteiger partial charge in [0.25, 0.3) is 0 Å². The Morgan fingerprint density at radius 2 is 1.62 bits per heavy atom. The summed E-state index contributed by atoms with van der Waals surface area (Å²) in [5, 5.41) is 28.9. The molecule has 1 heterocycles. The molecule has 0 aromatic heterocycles. The number of amides is 3. The van der Waals surface area contributed by atoms with Crippen LogP contribution in [0.4, 0.5) is 0 Å². The van der Waals surface area contributed by atoms with E-state index < -0.39 is 60.2 Å². The first-order valence-corrected chi connectivity index (χ1v) is 12.0. The smallest absolute Gasteiger partial charge is 0.326 e. The summed E-state index contributed by atoms with van der Waals surface area (Å²) in [7, 11) is 0. The maximum Gasteiger partial charge on any atom is 0.326 e. The van der Waals surface area contributed by atoms with E-state index in [4.69, 9.17) is 5.11 Å². The number of aliphatic carboxylic acids is 2. The van der Waals surface area contributed by atoms with E-state index in [1.807, 2.05) is 20.1 Å². The molecule has 0 aromatic carbocycles. The summed E-state index contributed by atoms with van der Waals surface area (Å²) in [6, 6.07) is -4.04. The summed E-state index contributed by atoms with van der Waals surface area (Å²) in [6.07, 6.45) is 2.98. The number of hydrogen-bond acceptors (Lipinski definition) is 7. The highest BCUT2D eigenvalue weighted by Gasteiger charge is 2.32. The number of carbonyl (C=O) groups is 5. The standard InChI is InChI=1S/C20H34N4O7S/c1-11(2)9-15(20(30)31)24-18(28)13(6-8-32-3)22-19(29)14(10-16(25)26)23-17(27)12-5-4-7-21-12/h11-15,21H,4-10H2,1-3H3,(H,22,29)(H,23,27)(H,24,28)(H,25,26)(H,30,31). The second-order valence-corrected chi connectivity index (χ2v) is 9.17. The Kier molecular flexibility index (Phi) is 12.1. The van der Waals surface area contributed by atoms with Crippen molar-refractivity contribution in [2.24, 2.45) is 5.92 Å². The molecule has 1 saturated heterocycles. The molecule has 4 unspecified atom stereocenters. The van der Waals surface area contributed by atoms with E-state index in [9.17, 15) is 29.1 Å². The van der Waals surface area contributed by atoms with Gasteiger partial charge in [-0.2, -0.15) is 11.8 Å². The van der Waals surface area contributed by atoms with Crippen molar-refractivity contribution in [3.63, 3.8) is 0 Å². The van der Waals surface area contributed by atoms with E-state index in [1.54, 1.807) is 0 Å². The van der Waals surface area contributed by atoms with Gasteiger partial charge in [0.05, 0.1) is 12.5 Å². The fourth-order valence-corrected chi connectivity index (χ4v) is 3.78. The van der Waals surface area contributed by atoms with Gasteiger partial charge >= 0.3 is 11.9 Å². The van der Waals surface area contributed by atoms with E-state index >= 15 is 0 Å². The lowest BCUT2D eigenvalue weighted by Crippen LogP contribution is -2.57. The van der Waals surface area contributed by atoms with Crippen LogP contribution in [0, 0.1) is 5.92 Å². The number of carboxylic acid groups (broad SMARTS) is 2. The first-order valence-electron chi connectivity index (χ1n) is 10.6. The van der Waals surface area contributed by atoms with Crippen LogP contribution in [0.3, 0.4) is 0 Å². The molecule has 1 aliphatic heterocycles. The first kappa shape index (κ1) is 27.7. The van der Waals surface area contributed by atoms with Crippen molar-refractivity contribution in [3.05, 3.63) is 0 Å². The van der Waals surface area contributed by atoms with Crippen LogP contribution in [0.1, 0.15) is 46.0 Å². The third-order valence-electron chi connectivity index (χ3n) is 4.95. The van der Waals surface area contributed by atoms with Crippen LogP contribution < -0.4 is 21.3 Å². The van der Waals surface area contributed by atoms with E-state index in [0.717, 1.165) is 6.42 Å². The largest absolute Gasteiger partial charge is 0.481 e. The Bertz CT molecular complexity index is 683. The molecular formula is C20H34N4O7S. The lowest BCUT2D eigenvalue weighted by atomic mass is 10.0. The molecule has 11 nitrogen and oxygen atoms in total. The molecule has 0 saturated carbocycles. The second-order valence-electron chi connectivity index (χ2n) is 8.18. The molecule has 1 fully saturated rings. The van der Waals surface area contributed by atoms with E-state index in [-0.39, 0.29) is 18.8 Å². The number of nitrogens with one attached hydrogen (secondary N) is 4. The van der Waals surface area contributed by atoms with Crippen LogP contribution in [-0.4, -0.2) is 82.6 Å². The fourth-order valence-electron chi connectivity index (χ4n) is 3.31. The Morgan fingerprint density at radius 1 is 1.00 bits per heavy atom. The van der Waals surface area contributed by atoms with Gasteiger partial charge in [-0.3, -0.25) is 19.2 Å². The Balaban J connectivity index is 2.90. The summed E-state index contributed by atoms with van der Waals surface area (Å²) < 4.78 is 0. The monoisotopic (exact) mass is 474 g/mol. The zero-order chi connectivity index (χ0) is 24.3. The van der Waals surface area contributed by atoms with Crippen molar-refractivity contribution >= 4 is 41.4 Å². The van der Waals surface area contributed by atoms with E-state index in [2.05, 4.69) is 21.3 Å². The topological polar surface area (TPSA) is 174 Å². The van der Waals surface area contributed by atoms with Crippen molar-refractivity contribution in [3.8, 4) is 0 Å². The van der Waals surface area contributed by atoms with Gasteiger partial charge in [0.2, 0.25) is 17.7 Å². The molecule has 0 radical (unpaired) electrons. The molecule has 1 aliphatic rings. The van der Waals surface area contributed by atoms with Crippen LogP contribution in [0.25, 0.3) is 0 Å². The minimum absolute atomic E-state index is 0.0231. The Hall–Kier alpha value is -2.34. The molecular weight excluding hydrogens is 440 g/mol. The molecule has 182 valence electrons. The van der Waals surface area contributed by atoms with Crippen LogP contribution in [0.2, 0.25) is 0 Å². The number of hydrogen-bond donors (Lipinski definition) is 6. The quantitative estimate of drug-likeness (QED) is 0.195. The SMILES string of the molecule is CSCCC(NC(=O)C(CC(=O)O)NC(=O)C1CCCN1)C(=O)NC(CC(C)C)C(=O)O. The molecule has 12 heteroatoms. The normalized spacial score (nSPS) is 18.4. The molecule has 4 atom stereocenters. The molecule has 6 N–H and O–H groups in total. The first-order chi connectivity index (χ1) is 15.0. The van der Waals surface area contributed by atoms with Gasteiger partial charge in [-0.15, -0.1) is 0 Å². The Labute approximate surface area is 191 Å². The predicted molar refractivity (Wildman–Crippen MR) is 119 cm³/mol. The number of carboxylic acids is 2. The molecule has 0 aromatic rings. The molecule has 3 amide bonds. The van der Waals surface area contributed by atoms with Gasteiger partial charge in [-0.1, -0.05) is 13.8 Å². The van der Waals surface area contributed by atoms with Crippen molar-refractivity contribution in [2.75, 3.05) is 18.6 Å². The molecule has 1 rings (SSSR count). The molecule has 32 heavy (non-hydrogen) atoms. The van der Waals surface area contributed by atoms with Gasteiger partial charge < -0.3 is 31.5 Å². The van der Waals surface area contributed by atoms with Gasteiger partial charge in [0.15, 0.2) is 0 Å². The van der Waals surface area contributed by atoms with Crippen molar-refractivity contribution in [2.45, 2.75) is 70.1 Å². The summed E-state index contributed by atoms with van der Waals surface area (Å²) in [4.78, 5) is 60.6. The van der Waals surface area contributed by atoms with Gasteiger partial charge in [-0.05, 0) is 50.2 Å². The zero-order valence-electron chi connectivity index (χ0n) is 18.7. The molecule has 0 spiro atoms. The third-order valence-corrected chi connectivity index (χ3v) is 5.60. The summed E-state index contributed by atoms with van der Waals surface area (Å²) in [5.74, 6) is -3.89. The Morgan fingerprint density at radius 3 is 2.12 bits per heavy atom. The maximum atomic E-state index is 12.8. The van der Waals surface area contributed by atoms with Crippen LogP contribution in [0.5, 0.6) is 0 Å². The van der Waals surface area contributed by atoms with Crippen LogP contribution in [-0.2, 0) is 24.0 Å². The predicted octanol–water partition coefficient (Wildman–Crippen LogP) is -0.449. The molecule has 0 bridgehead atoms.